The van der Waals surface area contributed by atoms with Gasteiger partial charge in [-0.1, -0.05) is 12.1 Å². The lowest BCUT2D eigenvalue weighted by Gasteiger charge is -2.40. The number of hydrogen-bond donors (Lipinski definition) is 1. The molecule has 114 valence electrons. The molecule has 6 nitrogen and oxygen atoms in total. The number of likely N-dealkylation sites (N-methyl/N-ethyl adjacent to an activating group) is 2. The van der Waals surface area contributed by atoms with Gasteiger partial charge in [-0.05, 0) is 26.0 Å². The molecule has 2 amide bonds. The van der Waals surface area contributed by atoms with Gasteiger partial charge in [-0.2, -0.15) is 0 Å². The van der Waals surface area contributed by atoms with E-state index in [0.717, 1.165) is 11.4 Å². The van der Waals surface area contributed by atoms with E-state index in [9.17, 15) is 14.7 Å². The number of hydrogen-bond acceptors (Lipinski definition) is 3. The predicted molar refractivity (Wildman–Crippen MR) is 81.9 cm³/mol. The van der Waals surface area contributed by atoms with Crippen LogP contribution in [-0.2, 0) is 4.79 Å². The first-order chi connectivity index (χ1) is 9.76. The standard InChI is InChI=1S/C15H21N3O3/c1-15(2,13(19)20)17(4)14(21)18-10-9-16(3)11-7-5-6-8-12(11)18/h5-8H,9-10H2,1-4H3,(H,19,20). The number of carbonyl (C=O) groups excluding carboxylic acids is 1. The minimum atomic E-state index is -1.25. The number of carboxylic acids is 1. The molecule has 1 N–H and O–H groups in total. The number of carbonyl (C=O) groups is 2. The minimum Gasteiger partial charge on any atom is -0.480 e. The number of urea groups is 1. The largest absolute Gasteiger partial charge is 0.480 e. The Kier molecular flexibility index (Phi) is 3.80. The fourth-order valence-corrected chi connectivity index (χ4v) is 2.27. The molecule has 0 spiro atoms. The highest BCUT2D eigenvalue weighted by Gasteiger charge is 2.38. The highest BCUT2D eigenvalue weighted by atomic mass is 16.4. The lowest BCUT2D eigenvalue weighted by molar-refractivity contribution is -0.146. The van der Waals surface area contributed by atoms with Crippen molar-refractivity contribution in [2.24, 2.45) is 0 Å². The lowest BCUT2D eigenvalue weighted by Crippen LogP contribution is -2.57. The first-order valence-corrected chi connectivity index (χ1v) is 6.85. The van der Waals surface area contributed by atoms with Crippen LogP contribution in [0.5, 0.6) is 0 Å². The van der Waals surface area contributed by atoms with Crippen molar-refractivity contribution in [3.63, 3.8) is 0 Å². The van der Waals surface area contributed by atoms with Crippen LogP contribution in [0.2, 0.25) is 0 Å². The molecule has 0 saturated carbocycles. The zero-order valence-corrected chi connectivity index (χ0v) is 12.8. The van der Waals surface area contributed by atoms with Crippen molar-refractivity contribution in [3.8, 4) is 0 Å². The molecule has 0 fully saturated rings. The minimum absolute atomic E-state index is 0.303. The fraction of sp³-hybridized carbons (Fsp3) is 0.467. The first-order valence-electron chi connectivity index (χ1n) is 6.85. The molecule has 0 aromatic heterocycles. The third-order valence-electron chi connectivity index (χ3n) is 4.12. The average Bonchev–Trinajstić information content (AvgIpc) is 2.46. The molecule has 0 radical (unpaired) electrons. The predicted octanol–water partition coefficient (Wildman–Crippen LogP) is 1.86. The Hall–Kier alpha value is -2.24. The maximum Gasteiger partial charge on any atom is 0.329 e. The third-order valence-corrected chi connectivity index (χ3v) is 4.12. The smallest absolute Gasteiger partial charge is 0.329 e. The van der Waals surface area contributed by atoms with Crippen LogP contribution in [0.1, 0.15) is 13.8 Å². The molecule has 0 atom stereocenters. The number of aliphatic carboxylic acids is 1. The van der Waals surface area contributed by atoms with E-state index in [1.807, 2.05) is 31.3 Å². The zero-order valence-electron chi connectivity index (χ0n) is 12.8. The maximum atomic E-state index is 12.7. The third kappa shape index (κ3) is 2.53. The number of nitrogens with zero attached hydrogens (tertiary/aromatic N) is 3. The van der Waals surface area contributed by atoms with Crippen LogP contribution in [0.3, 0.4) is 0 Å². The molecule has 0 unspecified atom stereocenters. The van der Waals surface area contributed by atoms with Gasteiger partial charge < -0.3 is 14.9 Å². The van der Waals surface area contributed by atoms with E-state index in [0.29, 0.717) is 13.1 Å². The van der Waals surface area contributed by atoms with Gasteiger partial charge in [-0.15, -0.1) is 0 Å². The van der Waals surface area contributed by atoms with Gasteiger partial charge in [-0.25, -0.2) is 9.59 Å². The Labute approximate surface area is 124 Å². The van der Waals surface area contributed by atoms with Gasteiger partial charge in [0.15, 0.2) is 0 Å². The van der Waals surface area contributed by atoms with Gasteiger partial charge in [0.25, 0.3) is 0 Å². The number of carboxylic acid groups (broad SMARTS) is 1. The van der Waals surface area contributed by atoms with Crippen molar-refractivity contribution in [2.45, 2.75) is 19.4 Å². The zero-order chi connectivity index (χ0) is 15.8. The SMILES string of the molecule is CN1CCN(C(=O)N(C)C(C)(C)C(=O)O)c2ccccc21. The molecule has 0 aliphatic carbocycles. The van der Waals surface area contributed by atoms with Gasteiger partial charge in [0.2, 0.25) is 0 Å². The molecule has 1 aliphatic heterocycles. The molecule has 2 rings (SSSR count). The molecular weight excluding hydrogens is 270 g/mol. The van der Waals surface area contributed by atoms with E-state index < -0.39 is 11.5 Å². The topological polar surface area (TPSA) is 64.1 Å². The summed E-state index contributed by atoms with van der Waals surface area (Å²) >= 11 is 0. The molecule has 1 aromatic carbocycles. The summed E-state index contributed by atoms with van der Waals surface area (Å²) in [4.78, 5) is 29.0. The molecular formula is C15H21N3O3. The van der Waals surface area contributed by atoms with Crippen molar-refractivity contribution < 1.29 is 14.7 Å². The fourth-order valence-electron chi connectivity index (χ4n) is 2.27. The van der Waals surface area contributed by atoms with Crippen molar-refractivity contribution in [1.29, 1.82) is 0 Å². The van der Waals surface area contributed by atoms with E-state index in [1.165, 1.54) is 25.8 Å². The van der Waals surface area contributed by atoms with Gasteiger partial charge in [0, 0.05) is 27.2 Å². The highest BCUT2D eigenvalue weighted by Crippen LogP contribution is 2.33. The number of anilines is 2. The molecule has 21 heavy (non-hydrogen) atoms. The van der Waals surface area contributed by atoms with Crippen LogP contribution in [0.15, 0.2) is 24.3 Å². The second-order valence-electron chi connectivity index (χ2n) is 5.77. The molecule has 0 saturated heterocycles. The second-order valence-corrected chi connectivity index (χ2v) is 5.77. The first kappa shape index (κ1) is 15.2. The monoisotopic (exact) mass is 291 g/mol. The van der Waals surface area contributed by atoms with Crippen LogP contribution in [-0.4, -0.2) is 54.7 Å². The van der Waals surface area contributed by atoms with Gasteiger partial charge >= 0.3 is 12.0 Å². The second kappa shape index (κ2) is 5.27. The molecule has 1 heterocycles. The summed E-state index contributed by atoms with van der Waals surface area (Å²) < 4.78 is 0. The quantitative estimate of drug-likeness (QED) is 0.903. The van der Waals surface area contributed by atoms with Gasteiger partial charge in [0.1, 0.15) is 5.54 Å². The van der Waals surface area contributed by atoms with Crippen LogP contribution >= 0.6 is 0 Å². The summed E-state index contributed by atoms with van der Waals surface area (Å²) in [7, 11) is 3.50. The normalized spacial score (nSPS) is 14.7. The summed E-state index contributed by atoms with van der Waals surface area (Å²) in [6.07, 6.45) is 0. The van der Waals surface area contributed by atoms with E-state index in [-0.39, 0.29) is 6.03 Å². The average molecular weight is 291 g/mol. The van der Waals surface area contributed by atoms with Crippen molar-refractivity contribution in [3.05, 3.63) is 24.3 Å². The van der Waals surface area contributed by atoms with Crippen LogP contribution < -0.4 is 9.80 Å². The molecule has 1 aromatic rings. The van der Waals surface area contributed by atoms with Gasteiger partial charge in [0.05, 0.1) is 11.4 Å². The van der Waals surface area contributed by atoms with Crippen molar-refractivity contribution >= 4 is 23.4 Å². The summed E-state index contributed by atoms with van der Waals surface area (Å²) in [5.41, 5.74) is 0.526. The Balaban J connectivity index is 2.33. The number of fused-ring (bicyclic) bond motifs is 1. The Bertz CT molecular complexity index is 571. The Morgan fingerprint density at radius 3 is 2.33 bits per heavy atom. The molecule has 1 aliphatic rings. The van der Waals surface area contributed by atoms with Crippen LogP contribution in [0, 0.1) is 0 Å². The number of amides is 2. The van der Waals surface area contributed by atoms with Crippen LogP contribution in [0.4, 0.5) is 16.2 Å². The number of para-hydroxylation sites is 2. The van der Waals surface area contributed by atoms with Gasteiger partial charge in [-0.3, -0.25) is 4.90 Å². The number of benzene rings is 1. The number of rotatable bonds is 2. The molecule has 0 bridgehead atoms. The van der Waals surface area contributed by atoms with Crippen LogP contribution in [0.25, 0.3) is 0 Å². The van der Waals surface area contributed by atoms with E-state index in [4.69, 9.17) is 0 Å². The van der Waals surface area contributed by atoms with E-state index >= 15 is 0 Å². The highest BCUT2D eigenvalue weighted by molar-refractivity contribution is 5.99. The van der Waals surface area contributed by atoms with E-state index in [2.05, 4.69) is 4.90 Å². The summed E-state index contributed by atoms with van der Waals surface area (Å²) in [5.74, 6) is -1.03. The van der Waals surface area contributed by atoms with E-state index in [1.54, 1.807) is 4.90 Å². The maximum absolute atomic E-state index is 12.7. The summed E-state index contributed by atoms with van der Waals surface area (Å²) in [6, 6.07) is 7.33. The Morgan fingerprint density at radius 1 is 1.19 bits per heavy atom. The van der Waals surface area contributed by atoms with Crippen molar-refractivity contribution in [1.82, 2.24) is 4.90 Å². The summed E-state index contributed by atoms with van der Waals surface area (Å²) in [6.45, 7) is 4.29. The lowest BCUT2D eigenvalue weighted by atomic mass is 10.0. The molecule has 6 heteroatoms. The van der Waals surface area contributed by atoms with Crippen molar-refractivity contribution in [2.75, 3.05) is 37.0 Å². The Morgan fingerprint density at radius 2 is 1.76 bits per heavy atom. The summed E-state index contributed by atoms with van der Waals surface area (Å²) in [5, 5.41) is 9.28.